The summed E-state index contributed by atoms with van der Waals surface area (Å²) >= 11 is 0. The summed E-state index contributed by atoms with van der Waals surface area (Å²) in [5.74, 6) is 0.308. The lowest BCUT2D eigenvalue weighted by molar-refractivity contribution is 0.424. The van der Waals surface area contributed by atoms with Gasteiger partial charge in [-0.05, 0) is 37.5 Å². The molecule has 0 radical (unpaired) electrons. The second-order valence-electron chi connectivity index (χ2n) is 4.25. The highest BCUT2D eigenvalue weighted by Gasteiger charge is 2.17. The molecule has 2 heteroatoms. The van der Waals surface area contributed by atoms with E-state index in [-0.39, 0.29) is 5.54 Å². The van der Waals surface area contributed by atoms with E-state index in [1.165, 1.54) is 5.56 Å². The maximum Gasteiger partial charge on any atom is 0.115 e. The van der Waals surface area contributed by atoms with E-state index < -0.39 is 0 Å². The van der Waals surface area contributed by atoms with E-state index in [9.17, 15) is 0 Å². The Labute approximate surface area is 85.8 Å². The highest BCUT2D eigenvalue weighted by atomic mass is 16.3. The van der Waals surface area contributed by atoms with Crippen molar-refractivity contribution in [3.63, 3.8) is 0 Å². The number of phenols is 1. The molecule has 1 unspecified atom stereocenters. The zero-order valence-corrected chi connectivity index (χ0v) is 8.96. The molecule has 0 aliphatic rings. The van der Waals surface area contributed by atoms with Gasteiger partial charge in [0.25, 0.3) is 0 Å². The highest BCUT2D eigenvalue weighted by molar-refractivity contribution is 5.27. The smallest absolute Gasteiger partial charge is 0.115 e. The van der Waals surface area contributed by atoms with E-state index in [0.717, 1.165) is 19.3 Å². The van der Waals surface area contributed by atoms with Crippen molar-refractivity contribution in [3.8, 4) is 5.75 Å². The van der Waals surface area contributed by atoms with Crippen LogP contribution in [-0.4, -0.2) is 10.6 Å². The topological polar surface area (TPSA) is 46.2 Å². The lowest BCUT2D eigenvalue weighted by Gasteiger charge is -2.24. The minimum Gasteiger partial charge on any atom is -0.508 e. The maximum atomic E-state index is 9.13. The van der Waals surface area contributed by atoms with Crippen LogP contribution in [0, 0.1) is 0 Å². The van der Waals surface area contributed by atoms with Crippen LogP contribution in [0.25, 0.3) is 0 Å². The van der Waals surface area contributed by atoms with Gasteiger partial charge in [-0.3, -0.25) is 0 Å². The summed E-state index contributed by atoms with van der Waals surface area (Å²) in [4.78, 5) is 0. The van der Waals surface area contributed by atoms with Crippen LogP contribution in [0.1, 0.15) is 32.3 Å². The molecule has 0 fully saturated rings. The Kier molecular flexibility index (Phi) is 3.53. The third kappa shape index (κ3) is 3.38. The summed E-state index contributed by atoms with van der Waals surface area (Å²) in [5.41, 5.74) is 7.18. The lowest BCUT2D eigenvalue weighted by atomic mass is 9.90. The molecule has 0 spiro atoms. The third-order valence-corrected chi connectivity index (χ3v) is 2.37. The second kappa shape index (κ2) is 4.47. The van der Waals surface area contributed by atoms with E-state index >= 15 is 0 Å². The Hall–Kier alpha value is -1.02. The summed E-state index contributed by atoms with van der Waals surface area (Å²) < 4.78 is 0. The highest BCUT2D eigenvalue weighted by Crippen LogP contribution is 2.18. The molecule has 0 heterocycles. The first-order chi connectivity index (χ1) is 6.53. The molecule has 0 saturated carbocycles. The molecular weight excluding hydrogens is 174 g/mol. The largest absolute Gasteiger partial charge is 0.508 e. The summed E-state index contributed by atoms with van der Waals surface area (Å²) in [7, 11) is 0. The number of phenolic OH excluding ortho intramolecular Hbond substituents is 1. The summed E-state index contributed by atoms with van der Waals surface area (Å²) in [5, 5.41) is 9.13. The van der Waals surface area contributed by atoms with Crippen LogP contribution in [0.5, 0.6) is 5.75 Å². The van der Waals surface area contributed by atoms with Gasteiger partial charge in [-0.2, -0.15) is 0 Å². The van der Waals surface area contributed by atoms with E-state index in [1.807, 2.05) is 12.1 Å². The van der Waals surface area contributed by atoms with Crippen LogP contribution >= 0.6 is 0 Å². The normalized spacial score (nSPS) is 15.1. The molecule has 1 aromatic carbocycles. The molecule has 3 N–H and O–H groups in total. The van der Waals surface area contributed by atoms with E-state index in [2.05, 4.69) is 13.8 Å². The summed E-state index contributed by atoms with van der Waals surface area (Å²) in [6.45, 7) is 4.21. The minimum absolute atomic E-state index is 0.133. The Morgan fingerprint density at radius 2 is 1.86 bits per heavy atom. The Bertz CT molecular complexity index is 277. The van der Waals surface area contributed by atoms with E-state index in [4.69, 9.17) is 10.8 Å². The molecule has 1 atom stereocenters. The fraction of sp³-hybridized carbons (Fsp3) is 0.500. The average molecular weight is 193 g/mol. The van der Waals surface area contributed by atoms with Gasteiger partial charge in [0.05, 0.1) is 0 Å². The van der Waals surface area contributed by atoms with E-state index in [0.29, 0.717) is 5.75 Å². The lowest BCUT2D eigenvalue weighted by Crippen LogP contribution is -2.38. The van der Waals surface area contributed by atoms with Gasteiger partial charge in [-0.25, -0.2) is 0 Å². The average Bonchev–Trinajstić information content (AvgIpc) is 2.08. The van der Waals surface area contributed by atoms with Crippen LogP contribution in [0.2, 0.25) is 0 Å². The number of rotatable bonds is 4. The van der Waals surface area contributed by atoms with Crippen LogP contribution < -0.4 is 5.73 Å². The van der Waals surface area contributed by atoms with Gasteiger partial charge in [-0.15, -0.1) is 0 Å². The van der Waals surface area contributed by atoms with E-state index in [1.54, 1.807) is 12.1 Å². The Morgan fingerprint density at radius 3 is 2.36 bits per heavy atom. The van der Waals surface area contributed by atoms with Gasteiger partial charge in [0, 0.05) is 5.54 Å². The molecule has 0 amide bonds. The summed E-state index contributed by atoms with van der Waals surface area (Å²) in [6, 6.07) is 7.26. The molecule has 78 valence electrons. The third-order valence-electron chi connectivity index (χ3n) is 2.37. The van der Waals surface area contributed by atoms with Gasteiger partial charge in [0.2, 0.25) is 0 Å². The van der Waals surface area contributed by atoms with Crippen molar-refractivity contribution < 1.29 is 5.11 Å². The Morgan fingerprint density at radius 1 is 1.29 bits per heavy atom. The van der Waals surface area contributed by atoms with Crippen molar-refractivity contribution in [2.75, 3.05) is 0 Å². The van der Waals surface area contributed by atoms with Crippen molar-refractivity contribution in [1.29, 1.82) is 0 Å². The van der Waals surface area contributed by atoms with Crippen LogP contribution in [0.3, 0.4) is 0 Å². The van der Waals surface area contributed by atoms with Gasteiger partial charge in [0.1, 0.15) is 5.75 Å². The quantitative estimate of drug-likeness (QED) is 0.771. The van der Waals surface area contributed by atoms with Crippen molar-refractivity contribution in [2.45, 2.75) is 38.6 Å². The molecule has 0 aliphatic carbocycles. The molecular formula is C12H19NO. The molecule has 1 aromatic rings. The van der Waals surface area contributed by atoms with Crippen LogP contribution in [0.15, 0.2) is 24.3 Å². The fourth-order valence-electron chi connectivity index (χ4n) is 1.74. The second-order valence-corrected chi connectivity index (χ2v) is 4.25. The van der Waals surface area contributed by atoms with Gasteiger partial charge in [0.15, 0.2) is 0 Å². The summed E-state index contributed by atoms with van der Waals surface area (Å²) in [6.07, 6.45) is 2.99. The first-order valence-corrected chi connectivity index (χ1v) is 5.10. The standard InChI is InChI=1S/C12H19NO/c1-3-8-12(2,13)9-10-4-6-11(14)7-5-10/h4-7,14H,3,8-9,13H2,1-2H3. The fourth-order valence-corrected chi connectivity index (χ4v) is 1.74. The molecule has 2 nitrogen and oxygen atoms in total. The van der Waals surface area contributed by atoms with Crippen LogP contribution in [-0.2, 0) is 6.42 Å². The zero-order valence-electron chi connectivity index (χ0n) is 8.96. The number of hydrogen-bond donors (Lipinski definition) is 2. The number of aromatic hydroxyl groups is 1. The molecule has 0 saturated heterocycles. The van der Waals surface area contributed by atoms with Crippen LogP contribution in [0.4, 0.5) is 0 Å². The molecule has 14 heavy (non-hydrogen) atoms. The number of nitrogens with two attached hydrogens (primary N) is 1. The zero-order chi connectivity index (χ0) is 10.6. The molecule has 0 aliphatic heterocycles. The molecule has 1 rings (SSSR count). The number of benzene rings is 1. The first kappa shape index (κ1) is 11.1. The minimum atomic E-state index is -0.133. The van der Waals surface area contributed by atoms with Gasteiger partial charge >= 0.3 is 0 Å². The SMILES string of the molecule is CCCC(C)(N)Cc1ccc(O)cc1. The molecule has 0 bridgehead atoms. The van der Waals surface area contributed by atoms with Crippen molar-refractivity contribution in [2.24, 2.45) is 5.73 Å². The van der Waals surface area contributed by atoms with Gasteiger partial charge in [-0.1, -0.05) is 25.5 Å². The van der Waals surface area contributed by atoms with Crippen molar-refractivity contribution in [1.82, 2.24) is 0 Å². The van der Waals surface area contributed by atoms with Gasteiger partial charge < -0.3 is 10.8 Å². The molecule has 0 aromatic heterocycles. The van der Waals surface area contributed by atoms with Crippen molar-refractivity contribution in [3.05, 3.63) is 29.8 Å². The van der Waals surface area contributed by atoms with Crippen molar-refractivity contribution >= 4 is 0 Å². The predicted octanol–water partition coefficient (Wildman–Crippen LogP) is 2.45. The number of hydrogen-bond acceptors (Lipinski definition) is 2. The predicted molar refractivity (Wildman–Crippen MR) is 59.3 cm³/mol. The Balaban J connectivity index is 2.64. The maximum absolute atomic E-state index is 9.13. The first-order valence-electron chi connectivity index (χ1n) is 5.10. The monoisotopic (exact) mass is 193 g/mol.